The van der Waals surface area contributed by atoms with Crippen LogP contribution in [0.4, 0.5) is 18.9 Å². The Hall–Kier alpha value is -3.69. The van der Waals surface area contributed by atoms with E-state index in [0.717, 1.165) is 6.07 Å². The van der Waals surface area contributed by atoms with Crippen molar-refractivity contribution in [3.05, 3.63) is 64.8 Å². The summed E-state index contributed by atoms with van der Waals surface area (Å²) in [6.07, 6.45) is -0.0999. The molecule has 0 saturated heterocycles. The molecule has 0 fully saturated rings. The first-order valence-corrected chi connectivity index (χ1v) is 8.42. The fourth-order valence-corrected chi connectivity index (χ4v) is 2.52. The second kappa shape index (κ2) is 8.13. The predicted octanol–water partition coefficient (Wildman–Crippen LogP) is 3.13. The molecule has 0 bridgehead atoms. The molecule has 29 heavy (non-hydrogen) atoms. The normalized spacial score (nSPS) is 10.8. The number of amides is 2. The minimum atomic E-state index is -1.12. The fraction of sp³-hybridized carbons (Fsp3) is 0.158. The molecule has 0 aliphatic carbocycles. The summed E-state index contributed by atoms with van der Waals surface area (Å²) >= 11 is 0. The monoisotopic (exact) mass is 404 g/mol. The van der Waals surface area contributed by atoms with Gasteiger partial charge in [-0.25, -0.2) is 13.2 Å². The maximum absolute atomic E-state index is 13.8. The van der Waals surface area contributed by atoms with Gasteiger partial charge in [-0.15, -0.1) is 0 Å². The van der Waals surface area contributed by atoms with E-state index < -0.39 is 29.0 Å². The van der Waals surface area contributed by atoms with Crippen LogP contribution >= 0.6 is 0 Å². The van der Waals surface area contributed by atoms with Crippen molar-refractivity contribution in [2.45, 2.75) is 19.8 Å². The highest BCUT2D eigenvalue weighted by Gasteiger charge is 2.16. The molecule has 2 amide bonds. The van der Waals surface area contributed by atoms with Crippen LogP contribution in [0.3, 0.4) is 0 Å². The number of aromatic nitrogens is 2. The second-order valence-corrected chi connectivity index (χ2v) is 6.20. The van der Waals surface area contributed by atoms with Crippen LogP contribution in [-0.4, -0.2) is 22.0 Å². The average Bonchev–Trinajstić information content (AvgIpc) is 3.13. The number of nitrogens with two attached hydrogens (primary N) is 1. The van der Waals surface area contributed by atoms with Crippen molar-refractivity contribution < 1.29 is 27.3 Å². The molecule has 2 aromatic carbocycles. The predicted molar refractivity (Wildman–Crippen MR) is 96.3 cm³/mol. The van der Waals surface area contributed by atoms with Crippen LogP contribution in [0.1, 0.15) is 28.2 Å². The van der Waals surface area contributed by atoms with E-state index in [4.69, 9.17) is 10.3 Å². The number of carbonyl (C=O) groups is 2. The SMILES string of the molecule is Cc1cc(-c2noc(CCC(=O)Nc3cc(C(N)=O)c(F)cc3F)n2)ccc1F. The first-order valence-electron chi connectivity index (χ1n) is 8.42. The zero-order valence-electron chi connectivity index (χ0n) is 15.1. The van der Waals surface area contributed by atoms with Crippen LogP contribution in [0.2, 0.25) is 0 Å². The number of hydrogen-bond donors (Lipinski definition) is 2. The molecule has 0 saturated carbocycles. The Morgan fingerprint density at radius 2 is 1.86 bits per heavy atom. The molecular weight excluding hydrogens is 389 g/mol. The molecular formula is C19H15F3N4O3. The smallest absolute Gasteiger partial charge is 0.251 e. The number of benzene rings is 2. The molecule has 10 heteroatoms. The van der Waals surface area contributed by atoms with E-state index >= 15 is 0 Å². The summed E-state index contributed by atoms with van der Waals surface area (Å²) in [6.45, 7) is 1.60. The molecule has 7 nitrogen and oxygen atoms in total. The van der Waals surface area contributed by atoms with Crippen LogP contribution in [0.25, 0.3) is 11.4 Å². The summed E-state index contributed by atoms with van der Waals surface area (Å²) < 4.78 is 45.7. The molecule has 3 rings (SSSR count). The van der Waals surface area contributed by atoms with Crippen LogP contribution in [0, 0.1) is 24.4 Å². The van der Waals surface area contributed by atoms with Crippen LogP contribution in [0.5, 0.6) is 0 Å². The summed E-state index contributed by atoms with van der Waals surface area (Å²) in [5.74, 6) is -3.86. The largest absolute Gasteiger partial charge is 0.366 e. The summed E-state index contributed by atoms with van der Waals surface area (Å²) in [6, 6.07) is 5.63. The topological polar surface area (TPSA) is 111 Å². The summed E-state index contributed by atoms with van der Waals surface area (Å²) in [7, 11) is 0. The molecule has 0 aliphatic rings. The van der Waals surface area contributed by atoms with Crippen LogP contribution in [0.15, 0.2) is 34.9 Å². The summed E-state index contributed by atoms with van der Waals surface area (Å²) in [4.78, 5) is 27.3. The number of nitrogens with zero attached hydrogens (tertiary/aromatic N) is 2. The molecule has 0 spiro atoms. The first-order chi connectivity index (χ1) is 13.7. The molecule has 3 aromatic rings. The first kappa shape index (κ1) is 20.1. The maximum atomic E-state index is 13.8. The van der Waals surface area contributed by atoms with Gasteiger partial charge in [-0.2, -0.15) is 4.98 Å². The highest BCUT2D eigenvalue weighted by molar-refractivity contribution is 5.96. The van der Waals surface area contributed by atoms with Crippen molar-refractivity contribution in [2.24, 2.45) is 5.73 Å². The Bertz CT molecular complexity index is 1100. The van der Waals surface area contributed by atoms with Crippen molar-refractivity contribution in [3.63, 3.8) is 0 Å². The number of hydrogen-bond acceptors (Lipinski definition) is 5. The third-order valence-electron chi connectivity index (χ3n) is 4.05. The Morgan fingerprint density at radius 1 is 1.10 bits per heavy atom. The standard InChI is InChI=1S/C19H15F3N4O3/c1-9-6-10(2-3-12(9)20)19-25-17(29-26-19)5-4-16(27)24-15-7-11(18(23)28)13(21)8-14(15)22/h2-3,6-8H,4-5H2,1H3,(H2,23,28)(H,24,27). The van der Waals surface area contributed by atoms with Crippen molar-refractivity contribution in [1.82, 2.24) is 10.1 Å². The lowest BCUT2D eigenvalue weighted by molar-refractivity contribution is -0.116. The van der Waals surface area contributed by atoms with Crippen molar-refractivity contribution in [2.75, 3.05) is 5.32 Å². The third kappa shape index (κ3) is 4.60. The number of anilines is 1. The van der Waals surface area contributed by atoms with Gasteiger partial charge >= 0.3 is 0 Å². The zero-order valence-corrected chi connectivity index (χ0v) is 15.1. The van der Waals surface area contributed by atoms with Crippen molar-refractivity contribution >= 4 is 17.5 Å². The molecule has 1 aromatic heterocycles. The van der Waals surface area contributed by atoms with Gasteiger partial charge in [0.05, 0.1) is 11.3 Å². The Labute approximate surface area is 162 Å². The van der Waals surface area contributed by atoms with E-state index in [1.807, 2.05) is 0 Å². The van der Waals surface area contributed by atoms with Crippen molar-refractivity contribution in [3.8, 4) is 11.4 Å². The Balaban J connectivity index is 1.64. The number of nitrogens with one attached hydrogen (secondary N) is 1. The lowest BCUT2D eigenvalue weighted by atomic mass is 10.1. The van der Waals surface area contributed by atoms with Gasteiger partial charge in [0.2, 0.25) is 17.6 Å². The highest BCUT2D eigenvalue weighted by atomic mass is 19.1. The molecule has 0 aliphatic heterocycles. The van der Waals surface area contributed by atoms with Gasteiger partial charge in [0.15, 0.2) is 0 Å². The fourth-order valence-electron chi connectivity index (χ4n) is 2.52. The molecule has 0 atom stereocenters. The van der Waals surface area contributed by atoms with Gasteiger partial charge < -0.3 is 15.6 Å². The number of aryl methyl sites for hydroxylation is 2. The van der Waals surface area contributed by atoms with Gasteiger partial charge in [0, 0.05) is 24.5 Å². The van der Waals surface area contributed by atoms with Gasteiger partial charge in [0.25, 0.3) is 5.91 Å². The summed E-state index contributed by atoms with van der Waals surface area (Å²) in [5.41, 5.74) is 5.06. The molecule has 0 unspecified atom stereocenters. The van der Waals surface area contributed by atoms with E-state index in [1.165, 1.54) is 12.1 Å². The van der Waals surface area contributed by atoms with E-state index in [1.54, 1.807) is 13.0 Å². The van der Waals surface area contributed by atoms with E-state index in [-0.39, 0.29) is 36.1 Å². The van der Waals surface area contributed by atoms with E-state index in [2.05, 4.69) is 15.5 Å². The quantitative estimate of drug-likeness (QED) is 0.656. The number of primary amides is 1. The van der Waals surface area contributed by atoms with Gasteiger partial charge in [-0.05, 0) is 36.8 Å². The van der Waals surface area contributed by atoms with E-state index in [9.17, 15) is 22.8 Å². The van der Waals surface area contributed by atoms with Crippen LogP contribution < -0.4 is 11.1 Å². The summed E-state index contributed by atoms with van der Waals surface area (Å²) in [5, 5.41) is 6.02. The lowest BCUT2D eigenvalue weighted by Gasteiger charge is -2.08. The molecule has 3 N–H and O–H groups in total. The zero-order chi connectivity index (χ0) is 21.1. The van der Waals surface area contributed by atoms with Gasteiger partial charge in [-0.3, -0.25) is 9.59 Å². The van der Waals surface area contributed by atoms with Gasteiger partial charge in [-0.1, -0.05) is 5.16 Å². The molecule has 1 heterocycles. The molecule has 0 radical (unpaired) electrons. The minimum Gasteiger partial charge on any atom is -0.366 e. The highest BCUT2D eigenvalue weighted by Crippen LogP contribution is 2.21. The second-order valence-electron chi connectivity index (χ2n) is 6.20. The molecule has 150 valence electrons. The third-order valence-corrected chi connectivity index (χ3v) is 4.05. The van der Waals surface area contributed by atoms with Crippen LogP contribution in [-0.2, 0) is 11.2 Å². The minimum absolute atomic E-state index is 0.0461. The number of halogens is 3. The Kier molecular flexibility index (Phi) is 5.62. The van der Waals surface area contributed by atoms with Crippen molar-refractivity contribution in [1.29, 1.82) is 0 Å². The van der Waals surface area contributed by atoms with Gasteiger partial charge in [0.1, 0.15) is 17.5 Å². The number of carbonyl (C=O) groups excluding carboxylic acids is 2. The lowest BCUT2D eigenvalue weighted by Crippen LogP contribution is -2.17. The maximum Gasteiger partial charge on any atom is 0.251 e. The Morgan fingerprint density at radius 3 is 2.55 bits per heavy atom. The van der Waals surface area contributed by atoms with E-state index in [0.29, 0.717) is 17.2 Å². The average molecular weight is 404 g/mol. The number of rotatable bonds is 6.